The van der Waals surface area contributed by atoms with Gasteiger partial charge in [0.05, 0.1) is 12.8 Å². The van der Waals surface area contributed by atoms with Crippen molar-refractivity contribution in [3.8, 4) is 0 Å². The predicted octanol–water partition coefficient (Wildman–Crippen LogP) is 3.24. The number of furan rings is 1. The lowest BCUT2D eigenvalue weighted by atomic mass is 10.3. The third-order valence-corrected chi connectivity index (χ3v) is 3.12. The highest BCUT2D eigenvalue weighted by Gasteiger charge is 2.11. The van der Waals surface area contributed by atoms with Crippen LogP contribution in [0.25, 0.3) is 0 Å². The van der Waals surface area contributed by atoms with Gasteiger partial charge in [0.1, 0.15) is 11.5 Å². The maximum absolute atomic E-state index is 12.3. The molecule has 0 atom stereocenters. The molecule has 0 aliphatic rings. The van der Waals surface area contributed by atoms with E-state index in [2.05, 4.69) is 20.6 Å². The van der Waals surface area contributed by atoms with Crippen molar-refractivity contribution in [1.82, 2.24) is 9.97 Å². The summed E-state index contributed by atoms with van der Waals surface area (Å²) in [5, 5.41) is 5.86. The van der Waals surface area contributed by atoms with E-state index in [1.807, 2.05) is 49.4 Å². The van der Waals surface area contributed by atoms with Crippen LogP contribution in [-0.4, -0.2) is 15.9 Å². The summed E-state index contributed by atoms with van der Waals surface area (Å²) in [5.74, 6) is 0.882. The molecule has 3 rings (SSSR count). The SMILES string of the molecule is Cc1cc(C(=O)Nc2ccccc2)nc(NCc2ccco2)n1. The fourth-order valence-electron chi connectivity index (χ4n) is 2.06. The minimum absolute atomic E-state index is 0.275. The first-order chi connectivity index (χ1) is 11.2. The molecule has 0 saturated carbocycles. The second kappa shape index (κ2) is 6.74. The van der Waals surface area contributed by atoms with Crippen molar-refractivity contribution in [2.45, 2.75) is 13.5 Å². The zero-order chi connectivity index (χ0) is 16.1. The molecule has 2 aromatic heterocycles. The quantitative estimate of drug-likeness (QED) is 0.756. The second-order valence-corrected chi connectivity index (χ2v) is 4.97. The number of hydrogen-bond acceptors (Lipinski definition) is 5. The van der Waals surface area contributed by atoms with E-state index < -0.39 is 0 Å². The summed E-state index contributed by atoms with van der Waals surface area (Å²) >= 11 is 0. The predicted molar refractivity (Wildman–Crippen MR) is 87.2 cm³/mol. The van der Waals surface area contributed by atoms with Crippen LogP contribution in [0.15, 0.2) is 59.2 Å². The van der Waals surface area contributed by atoms with Crippen LogP contribution in [0, 0.1) is 6.92 Å². The highest BCUT2D eigenvalue weighted by Crippen LogP contribution is 2.11. The smallest absolute Gasteiger partial charge is 0.274 e. The molecule has 3 aromatic rings. The van der Waals surface area contributed by atoms with Crippen LogP contribution in [-0.2, 0) is 6.54 Å². The molecule has 0 bridgehead atoms. The largest absolute Gasteiger partial charge is 0.467 e. The summed E-state index contributed by atoms with van der Waals surface area (Å²) in [4.78, 5) is 20.8. The van der Waals surface area contributed by atoms with Gasteiger partial charge in [-0.2, -0.15) is 0 Å². The van der Waals surface area contributed by atoms with Crippen LogP contribution in [0.4, 0.5) is 11.6 Å². The molecule has 2 N–H and O–H groups in total. The molecule has 0 spiro atoms. The molecule has 23 heavy (non-hydrogen) atoms. The van der Waals surface area contributed by atoms with E-state index in [4.69, 9.17) is 4.42 Å². The highest BCUT2D eigenvalue weighted by molar-refractivity contribution is 6.03. The Balaban J connectivity index is 1.73. The Bertz CT molecular complexity index is 786. The number of hydrogen-bond donors (Lipinski definition) is 2. The van der Waals surface area contributed by atoms with Crippen molar-refractivity contribution in [2.75, 3.05) is 10.6 Å². The van der Waals surface area contributed by atoms with Gasteiger partial charge in [0, 0.05) is 11.4 Å². The molecule has 1 aromatic carbocycles. The standard InChI is InChI=1S/C17H16N4O2/c1-12-10-15(16(22)20-13-6-3-2-4-7-13)21-17(19-12)18-11-14-8-5-9-23-14/h2-10H,11H2,1H3,(H,20,22)(H,18,19,21). The number of carbonyl (C=O) groups is 1. The highest BCUT2D eigenvalue weighted by atomic mass is 16.3. The van der Waals surface area contributed by atoms with Crippen LogP contribution in [0.1, 0.15) is 21.9 Å². The Kier molecular flexibility index (Phi) is 4.33. The van der Waals surface area contributed by atoms with Gasteiger partial charge in [-0.25, -0.2) is 9.97 Å². The van der Waals surface area contributed by atoms with Crippen LogP contribution in [0.2, 0.25) is 0 Å². The molecule has 116 valence electrons. The molecule has 0 aliphatic heterocycles. The van der Waals surface area contributed by atoms with Crippen LogP contribution in [0.5, 0.6) is 0 Å². The van der Waals surface area contributed by atoms with Crippen molar-refractivity contribution >= 4 is 17.5 Å². The molecule has 0 aliphatic carbocycles. The Hall–Kier alpha value is -3.15. The first-order valence-electron chi connectivity index (χ1n) is 7.19. The van der Waals surface area contributed by atoms with Gasteiger partial charge in [-0.1, -0.05) is 18.2 Å². The Labute approximate surface area is 133 Å². The van der Waals surface area contributed by atoms with E-state index in [-0.39, 0.29) is 5.91 Å². The maximum atomic E-state index is 12.3. The van der Waals surface area contributed by atoms with Crippen LogP contribution in [0.3, 0.4) is 0 Å². The summed E-state index contributed by atoms with van der Waals surface area (Å²) in [6.07, 6.45) is 1.60. The summed E-state index contributed by atoms with van der Waals surface area (Å²) < 4.78 is 5.24. The number of para-hydroxylation sites is 1. The normalized spacial score (nSPS) is 10.3. The van der Waals surface area contributed by atoms with Crippen molar-refractivity contribution in [1.29, 1.82) is 0 Å². The number of amides is 1. The first kappa shape index (κ1) is 14.8. The zero-order valence-corrected chi connectivity index (χ0v) is 12.6. The van der Waals surface area contributed by atoms with E-state index in [9.17, 15) is 4.79 Å². The average molecular weight is 308 g/mol. The molecule has 6 nitrogen and oxygen atoms in total. The number of anilines is 2. The van der Waals surface area contributed by atoms with Crippen molar-refractivity contribution in [3.05, 3.63) is 71.9 Å². The monoisotopic (exact) mass is 308 g/mol. The number of carbonyl (C=O) groups excluding carboxylic acids is 1. The lowest BCUT2D eigenvalue weighted by Gasteiger charge is -2.08. The van der Waals surface area contributed by atoms with Gasteiger partial charge in [0.15, 0.2) is 0 Å². The summed E-state index contributed by atoms with van der Waals surface area (Å²) in [6.45, 7) is 2.27. The third kappa shape index (κ3) is 3.94. The Morgan fingerprint density at radius 3 is 2.70 bits per heavy atom. The van der Waals surface area contributed by atoms with Gasteiger partial charge < -0.3 is 15.1 Å². The van der Waals surface area contributed by atoms with Gasteiger partial charge in [-0.15, -0.1) is 0 Å². The average Bonchev–Trinajstić information content (AvgIpc) is 3.07. The number of rotatable bonds is 5. The molecule has 0 fully saturated rings. The minimum Gasteiger partial charge on any atom is -0.467 e. The Morgan fingerprint density at radius 1 is 1.13 bits per heavy atom. The van der Waals surface area contributed by atoms with E-state index in [0.717, 1.165) is 11.4 Å². The molecular formula is C17H16N4O2. The van der Waals surface area contributed by atoms with Crippen LogP contribution < -0.4 is 10.6 Å². The van der Waals surface area contributed by atoms with E-state index in [1.165, 1.54) is 0 Å². The summed E-state index contributed by atoms with van der Waals surface area (Å²) in [7, 11) is 0. The molecule has 1 amide bonds. The van der Waals surface area contributed by atoms with Gasteiger partial charge >= 0.3 is 0 Å². The summed E-state index contributed by atoms with van der Waals surface area (Å²) in [5.41, 5.74) is 1.74. The summed E-state index contributed by atoms with van der Waals surface area (Å²) in [6, 6.07) is 14.6. The fraction of sp³-hybridized carbons (Fsp3) is 0.118. The molecule has 0 saturated heterocycles. The van der Waals surface area contributed by atoms with Gasteiger partial charge in [-0.3, -0.25) is 4.79 Å². The molecule has 0 unspecified atom stereocenters. The van der Waals surface area contributed by atoms with Crippen molar-refractivity contribution in [2.24, 2.45) is 0 Å². The molecule has 6 heteroatoms. The molecule has 0 radical (unpaired) electrons. The Morgan fingerprint density at radius 2 is 1.96 bits per heavy atom. The molecular weight excluding hydrogens is 292 g/mol. The number of nitrogens with one attached hydrogen (secondary N) is 2. The number of aryl methyl sites for hydroxylation is 1. The maximum Gasteiger partial charge on any atom is 0.274 e. The topological polar surface area (TPSA) is 80.0 Å². The van der Waals surface area contributed by atoms with E-state index in [1.54, 1.807) is 12.3 Å². The number of benzene rings is 1. The van der Waals surface area contributed by atoms with Gasteiger partial charge in [0.25, 0.3) is 5.91 Å². The van der Waals surface area contributed by atoms with Crippen molar-refractivity contribution < 1.29 is 9.21 Å². The van der Waals surface area contributed by atoms with Crippen molar-refractivity contribution in [3.63, 3.8) is 0 Å². The third-order valence-electron chi connectivity index (χ3n) is 3.12. The lowest BCUT2D eigenvalue weighted by Crippen LogP contribution is -2.16. The number of nitrogens with zero attached hydrogens (tertiary/aromatic N) is 2. The minimum atomic E-state index is -0.275. The zero-order valence-electron chi connectivity index (χ0n) is 12.6. The van der Waals surface area contributed by atoms with E-state index in [0.29, 0.717) is 23.9 Å². The molecule has 2 heterocycles. The van der Waals surface area contributed by atoms with Crippen LogP contribution >= 0.6 is 0 Å². The lowest BCUT2D eigenvalue weighted by molar-refractivity contribution is 0.102. The van der Waals surface area contributed by atoms with E-state index >= 15 is 0 Å². The fourth-order valence-corrected chi connectivity index (χ4v) is 2.06. The van der Waals surface area contributed by atoms with Gasteiger partial charge in [-0.05, 0) is 37.3 Å². The number of aromatic nitrogens is 2. The van der Waals surface area contributed by atoms with Gasteiger partial charge in [0.2, 0.25) is 5.95 Å². The first-order valence-corrected chi connectivity index (χ1v) is 7.19. The second-order valence-electron chi connectivity index (χ2n) is 4.97.